The van der Waals surface area contributed by atoms with Crippen LogP contribution in [-0.2, 0) is 29.2 Å². The lowest BCUT2D eigenvalue weighted by Gasteiger charge is -2.30. The van der Waals surface area contributed by atoms with Gasteiger partial charge in [-0.1, -0.05) is 5.16 Å². The number of methoxy groups -OCH3 is 2. The number of benzene rings is 1. The van der Waals surface area contributed by atoms with Crippen LogP contribution in [0.25, 0.3) is 15.9 Å². The van der Waals surface area contributed by atoms with Crippen LogP contribution >= 0.6 is 11.3 Å². The van der Waals surface area contributed by atoms with Gasteiger partial charge in [-0.2, -0.15) is 0 Å². The summed E-state index contributed by atoms with van der Waals surface area (Å²) in [6, 6.07) is 5.60. The first-order valence-electron chi connectivity index (χ1n) is 10.6. The Morgan fingerprint density at radius 3 is 2.85 bits per heavy atom. The third kappa shape index (κ3) is 4.00. The fourth-order valence-corrected chi connectivity index (χ4v) is 5.01. The lowest BCUT2D eigenvalue weighted by molar-refractivity contribution is -0.0379. The van der Waals surface area contributed by atoms with Crippen LogP contribution in [0.5, 0.6) is 11.5 Å². The molecule has 33 heavy (non-hydrogen) atoms. The highest BCUT2D eigenvalue weighted by molar-refractivity contribution is 7.19. The van der Waals surface area contributed by atoms with E-state index in [0.717, 1.165) is 27.8 Å². The number of aromatic nitrogens is 4. The molecular weight excluding hydrogens is 442 g/mol. The molecule has 0 amide bonds. The second-order valence-corrected chi connectivity index (χ2v) is 9.55. The number of rotatable bonds is 6. The van der Waals surface area contributed by atoms with E-state index in [4.69, 9.17) is 24.0 Å². The molecule has 0 N–H and O–H groups in total. The predicted octanol–water partition coefficient (Wildman–Crippen LogP) is 4.15. The molecule has 9 nitrogen and oxygen atoms in total. The molecule has 10 heteroatoms. The Morgan fingerprint density at radius 2 is 2.06 bits per heavy atom. The quantitative estimate of drug-likeness (QED) is 0.311. The molecule has 3 aromatic heterocycles. The van der Waals surface area contributed by atoms with Gasteiger partial charge in [0.1, 0.15) is 11.2 Å². The van der Waals surface area contributed by atoms with E-state index in [1.54, 1.807) is 36.4 Å². The van der Waals surface area contributed by atoms with Crippen molar-refractivity contribution in [2.75, 3.05) is 14.2 Å². The number of thiophene rings is 1. The van der Waals surface area contributed by atoms with Gasteiger partial charge < -0.3 is 19.0 Å². The van der Waals surface area contributed by atoms with E-state index in [1.165, 1.54) is 10.4 Å². The average molecular weight is 468 g/mol. The van der Waals surface area contributed by atoms with Gasteiger partial charge in [0.25, 0.3) is 0 Å². The summed E-state index contributed by atoms with van der Waals surface area (Å²) in [5.74, 6) is 1.84. The molecule has 1 aliphatic rings. The van der Waals surface area contributed by atoms with E-state index in [-0.39, 0.29) is 12.2 Å². The third-order valence-electron chi connectivity index (χ3n) is 5.65. The van der Waals surface area contributed by atoms with Gasteiger partial charge in [-0.15, -0.1) is 16.4 Å². The molecule has 0 aliphatic carbocycles. The molecule has 4 aromatic rings. The molecule has 0 atom stereocenters. The van der Waals surface area contributed by atoms with Crippen molar-refractivity contribution in [1.29, 1.82) is 0 Å². The highest BCUT2D eigenvalue weighted by Crippen LogP contribution is 2.39. The standard InChI is InChI=1S/C23H25N5O4S/c1-13(14-6-7-16(29-4)17(8-14)30-5)27-32-11-19-25-21-20-15-9-23(2,3)31-10-18(15)33-22(20)24-12-28(21)26-19/h6-8,12H,9-11H2,1-5H3. The highest BCUT2D eigenvalue weighted by Gasteiger charge is 2.30. The summed E-state index contributed by atoms with van der Waals surface area (Å²) in [7, 11) is 3.21. The maximum Gasteiger partial charge on any atom is 0.192 e. The smallest absolute Gasteiger partial charge is 0.192 e. The minimum absolute atomic E-state index is 0.148. The van der Waals surface area contributed by atoms with Crippen LogP contribution in [0.4, 0.5) is 0 Å². The van der Waals surface area contributed by atoms with Crippen LogP contribution < -0.4 is 9.47 Å². The number of fused-ring (bicyclic) bond motifs is 5. The van der Waals surface area contributed by atoms with Crippen molar-refractivity contribution in [3.63, 3.8) is 0 Å². The lowest BCUT2D eigenvalue weighted by atomic mass is 9.94. The van der Waals surface area contributed by atoms with E-state index in [2.05, 4.69) is 29.1 Å². The van der Waals surface area contributed by atoms with Gasteiger partial charge in [0.05, 0.1) is 37.5 Å². The molecule has 0 radical (unpaired) electrons. The molecule has 4 heterocycles. The highest BCUT2D eigenvalue weighted by atomic mass is 32.1. The van der Waals surface area contributed by atoms with Crippen molar-refractivity contribution in [1.82, 2.24) is 19.6 Å². The van der Waals surface area contributed by atoms with Gasteiger partial charge >= 0.3 is 0 Å². The molecule has 0 unspecified atom stereocenters. The first-order chi connectivity index (χ1) is 15.9. The van der Waals surface area contributed by atoms with Crippen LogP contribution in [0.2, 0.25) is 0 Å². The fourth-order valence-electron chi connectivity index (χ4n) is 3.95. The van der Waals surface area contributed by atoms with Crippen LogP contribution in [0.1, 0.15) is 42.6 Å². The molecule has 172 valence electrons. The second kappa shape index (κ2) is 8.27. The lowest BCUT2D eigenvalue weighted by Crippen LogP contribution is -2.31. The van der Waals surface area contributed by atoms with Crippen molar-refractivity contribution >= 4 is 32.9 Å². The van der Waals surface area contributed by atoms with Crippen molar-refractivity contribution in [2.24, 2.45) is 5.16 Å². The normalized spacial score (nSPS) is 15.6. The van der Waals surface area contributed by atoms with Gasteiger partial charge in [0.2, 0.25) is 0 Å². The Morgan fingerprint density at radius 1 is 1.24 bits per heavy atom. The van der Waals surface area contributed by atoms with Crippen molar-refractivity contribution in [3.8, 4) is 11.5 Å². The first-order valence-corrected chi connectivity index (χ1v) is 11.4. The Hall–Kier alpha value is -3.24. The van der Waals surface area contributed by atoms with E-state index in [0.29, 0.717) is 29.6 Å². The van der Waals surface area contributed by atoms with Crippen molar-refractivity contribution in [2.45, 2.75) is 46.0 Å². The van der Waals surface area contributed by atoms with Crippen LogP contribution in [-0.4, -0.2) is 45.1 Å². The van der Waals surface area contributed by atoms with E-state index < -0.39 is 0 Å². The fraction of sp³-hybridized carbons (Fsp3) is 0.391. The molecule has 0 saturated heterocycles. The number of oxime groups is 1. The minimum atomic E-state index is -0.212. The summed E-state index contributed by atoms with van der Waals surface area (Å²) < 4.78 is 18.3. The molecule has 0 saturated carbocycles. The Bertz CT molecular complexity index is 1370. The first kappa shape index (κ1) is 21.6. The summed E-state index contributed by atoms with van der Waals surface area (Å²) in [4.78, 5) is 17.1. The molecule has 1 aliphatic heterocycles. The Balaban J connectivity index is 1.39. The van der Waals surface area contributed by atoms with Gasteiger partial charge in [-0.25, -0.2) is 14.5 Å². The summed E-state index contributed by atoms with van der Waals surface area (Å²) in [5.41, 5.74) is 3.41. The zero-order chi connectivity index (χ0) is 23.2. The maximum atomic E-state index is 5.97. The van der Waals surface area contributed by atoms with Crippen molar-refractivity contribution < 1.29 is 19.0 Å². The molecule has 5 rings (SSSR count). The number of nitrogens with zero attached hydrogens (tertiary/aromatic N) is 5. The molecular formula is C23H25N5O4S. The maximum absolute atomic E-state index is 5.97. The van der Waals surface area contributed by atoms with E-state index in [1.807, 2.05) is 25.1 Å². The topological polar surface area (TPSA) is 92.4 Å². The largest absolute Gasteiger partial charge is 0.493 e. The van der Waals surface area contributed by atoms with Crippen LogP contribution in [0.15, 0.2) is 29.7 Å². The van der Waals surface area contributed by atoms with Gasteiger partial charge in [0.15, 0.2) is 29.6 Å². The van der Waals surface area contributed by atoms with Crippen LogP contribution in [0.3, 0.4) is 0 Å². The van der Waals surface area contributed by atoms with Gasteiger partial charge in [-0.3, -0.25) is 0 Å². The zero-order valence-corrected chi connectivity index (χ0v) is 20.0. The monoisotopic (exact) mass is 467 g/mol. The van der Waals surface area contributed by atoms with E-state index >= 15 is 0 Å². The number of hydrogen-bond acceptors (Lipinski definition) is 9. The Kier molecular flexibility index (Phi) is 5.41. The van der Waals surface area contributed by atoms with Crippen LogP contribution in [0, 0.1) is 0 Å². The molecule has 0 bridgehead atoms. The van der Waals surface area contributed by atoms with Crippen molar-refractivity contribution in [3.05, 3.63) is 46.4 Å². The second-order valence-electron chi connectivity index (χ2n) is 8.47. The summed E-state index contributed by atoms with van der Waals surface area (Å²) in [6.45, 7) is 6.83. The SMILES string of the molecule is COc1ccc(C(C)=NOCc2nc3c4c5c(sc4ncn3n2)COC(C)(C)C5)cc1OC. The predicted molar refractivity (Wildman–Crippen MR) is 125 cm³/mol. The summed E-state index contributed by atoms with van der Waals surface area (Å²) in [5, 5.41) is 9.82. The Labute approximate surface area is 195 Å². The zero-order valence-electron chi connectivity index (χ0n) is 19.2. The molecule has 0 spiro atoms. The summed E-state index contributed by atoms with van der Waals surface area (Å²) >= 11 is 1.66. The van der Waals surface area contributed by atoms with Gasteiger partial charge in [0, 0.05) is 16.9 Å². The van der Waals surface area contributed by atoms with Gasteiger partial charge in [-0.05, 0) is 44.5 Å². The number of hydrogen-bond donors (Lipinski definition) is 0. The third-order valence-corrected chi connectivity index (χ3v) is 6.76. The number of ether oxygens (including phenoxy) is 3. The summed E-state index contributed by atoms with van der Waals surface area (Å²) in [6.07, 6.45) is 2.51. The average Bonchev–Trinajstić information content (AvgIpc) is 3.38. The molecule has 1 aromatic carbocycles. The van der Waals surface area contributed by atoms with E-state index in [9.17, 15) is 0 Å². The molecule has 0 fully saturated rings. The minimum Gasteiger partial charge on any atom is -0.493 e.